The van der Waals surface area contributed by atoms with E-state index in [1.807, 2.05) is 43.9 Å². The molecule has 1 fully saturated rings. The molecule has 1 aromatic carbocycles. The van der Waals surface area contributed by atoms with Crippen molar-refractivity contribution < 1.29 is 14.3 Å². The number of fused-ring (bicyclic) bond motifs is 1. The Labute approximate surface area is 157 Å². The molecular formula is C19H25BrN2O3. The van der Waals surface area contributed by atoms with Gasteiger partial charge < -0.3 is 14.5 Å². The van der Waals surface area contributed by atoms with Crippen LogP contribution in [-0.2, 0) is 11.2 Å². The Morgan fingerprint density at radius 3 is 2.52 bits per heavy atom. The first-order valence-electron chi connectivity index (χ1n) is 8.82. The van der Waals surface area contributed by atoms with Crippen molar-refractivity contribution in [3.05, 3.63) is 33.8 Å². The molecule has 0 atom stereocenters. The van der Waals surface area contributed by atoms with E-state index >= 15 is 0 Å². The van der Waals surface area contributed by atoms with Gasteiger partial charge in [-0.05, 0) is 63.8 Å². The van der Waals surface area contributed by atoms with Gasteiger partial charge in [-0.3, -0.25) is 4.79 Å². The van der Waals surface area contributed by atoms with Crippen LogP contribution in [0.2, 0.25) is 0 Å². The largest absolute Gasteiger partial charge is 0.444 e. The second-order valence-electron chi connectivity index (χ2n) is 7.75. The number of carbonyl (C=O) groups excluding carboxylic acids is 2. The Bertz CT molecular complexity index is 676. The van der Waals surface area contributed by atoms with Gasteiger partial charge in [0.05, 0.1) is 0 Å². The number of hydrogen-bond donors (Lipinski definition) is 0. The number of carbonyl (C=O) groups is 2. The third-order valence-corrected chi connectivity index (χ3v) is 5.23. The summed E-state index contributed by atoms with van der Waals surface area (Å²) in [4.78, 5) is 28.8. The maximum atomic E-state index is 12.8. The van der Waals surface area contributed by atoms with Crippen molar-refractivity contribution >= 4 is 27.9 Å². The summed E-state index contributed by atoms with van der Waals surface area (Å²) < 4.78 is 6.45. The van der Waals surface area contributed by atoms with Gasteiger partial charge >= 0.3 is 6.09 Å². The van der Waals surface area contributed by atoms with Gasteiger partial charge in [0, 0.05) is 35.7 Å². The number of hydrogen-bond acceptors (Lipinski definition) is 3. The van der Waals surface area contributed by atoms with E-state index in [0.717, 1.165) is 41.4 Å². The number of nitrogens with zero attached hydrogens (tertiary/aromatic N) is 2. The number of halogens is 1. The summed E-state index contributed by atoms with van der Waals surface area (Å²) >= 11 is 3.47. The van der Waals surface area contributed by atoms with E-state index < -0.39 is 5.60 Å². The highest BCUT2D eigenvalue weighted by atomic mass is 79.9. The van der Waals surface area contributed by atoms with Crippen LogP contribution in [0.5, 0.6) is 0 Å². The van der Waals surface area contributed by atoms with Crippen molar-refractivity contribution in [2.45, 2.75) is 51.7 Å². The summed E-state index contributed by atoms with van der Waals surface area (Å²) in [6.45, 7) is 7.64. The summed E-state index contributed by atoms with van der Waals surface area (Å²) in [5, 5.41) is 0. The molecule has 136 valence electrons. The van der Waals surface area contributed by atoms with Crippen molar-refractivity contribution in [1.29, 1.82) is 0 Å². The Morgan fingerprint density at radius 1 is 1.20 bits per heavy atom. The van der Waals surface area contributed by atoms with Crippen LogP contribution in [0.4, 0.5) is 4.79 Å². The fourth-order valence-electron chi connectivity index (χ4n) is 3.51. The van der Waals surface area contributed by atoms with E-state index in [2.05, 4.69) is 15.9 Å². The molecule has 0 unspecified atom stereocenters. The van der Waals surface area contributed by atoms with Gasteiger partial charge in [-0.1, -0.05) is 15.9 Å². The Morgan fingerprint density at radius 2 is 1.88 bits per heavy atom. The normalized spacial score (nSPS) is 19.0. The van der Waals surface area contributed by atoms with Crippen molar-refractivity contribution in [3.8, 4) is 0 Å². The first-order valence-corrected chi connectivity index (χ1v) is 9.61. The van der Waals surface area contributed by atoms with Gasteiger partial charge in [0.25, 0.3) is 5.91 Å². The lowest BCUT2D eigenvalue weighted by Gasteiger charge is -2.40. The van der Waals surface area contributed by atoms with Crippen molar-refractivity contribution in [1.82, 2.24) is 9.80 Å². The van der Waals surface area contributed by atoms with Crippen LogP contribution in [0.1, 0.15) is 49.5 Å². The summed E-state index contributed by atoms with van der Waals surface area (Å²) in [6.07, 6.45) is 2.23. The molecule has 1 saturated heterocycles. The summed E-state index contributed by atoms with van der Waals surface area (Å²) in [5.74, 6) is 0.115. The number of piperidine rings is 1. The zero-order valence-corrected chi connectivity index (χ0v) is 16.6. The van der Waals surface area contributed by atoms with Crippen molar-refractivity contribution in [2.24, 2.45) is 0 Å². The van der Waals surface area contributed by atoms with Gasteiger partial charge in [0.15, 0.2) is 0 Å². The lowest BCUT2D eigenvalue weighted by atomic mass is 9.95. The third-order valence-electron chi connectivity index (χ3n) is 4.74. The predicted octanol–water partition coefficient (Wildman–Crippen LogP) is 3.85. The van der Waals surface area contributed by atoms with Crippen LogP contribution >= 0.6 is 15.9 Å². The smallest absolute Gasteiger partial charge is 0.410 e. The monoisotopic (exact) mass is 408 g/mol. The van der Waals surface area contributed by atoms with E-state index in [1.54, 1.807) is 4.90 Å². The number of likely N-dealkylation sites (tertiary alicyclic amines) is 1. The first kappa shape index (κ1) is 18.2. The SMILES string of the molecule is CC(C)(C)OC(=O)N1CCC(N2CCc3cc(Br)ccc3C2=O)CC1. The lowest BCUT2D eigenvalue weighted by Crippen LogP contribution is -2.51. The molecule has 2 heterocycles. The van der Waals surface area contributed by atoms with Crippen LogP contribution in [0.15, 0.2) is 22.7 Å². The number of ether oxygens (including phenoxy) is 1. The Balaban J connectivity index is 1.61. The van der Waals surface area contributed by atoms with E-state index in [4.69, 9.17) is 4.74 Å². The molecule has 2 aliphatic rings. The zero-order valence-electron chi connectivity index (χ0n) is 15.0. The fourth-order valence-corrected chi connectivity index (χ4v) is 3.92. The first-order chi connectivity index (χ1) is 11.7. The molecule has 0 bridgehead atoms. The molecule has 3 rings (SSSR count). The maximum absolute atomic E-state index is 12.8. The molecule has 0 radical (unpaired) electrons. The molecule has 0 aliphatic carbocycles. The Kier molecular flexibility index (Phi) is 5.09. The second kappa shape index (κ2) is 6.98. The highest BCUT2D eigenvalue weighted by Crippen LogP contribution is 2.27. The highest BCUT2D eigenvalue weighted by Gasteiger charge is 2.34. The molecule has 2 aliphatic heterocycles. The average molecular weight is 409 g/mol. The van der Waals surface area contributed by atoms with E-state index in [1.165, 1.54) is 0 Å². The quantitative estimate of drug-likeness (QED) is 0.708. The van der Waals surface area contributed by atoms with Crippen LogP contribution in [0, 0.1) is 0 Å². The molecule has 5 nitrogen and oxygen atoms in total. The summed E-state index contributed by atoms with van der Waals surface area (Å²) in [7, 11) is 0. The standard InChI is InChI=1S/C19H25BrN2O3/c1-19(2,3)25-18(24)21-9-7-15(8-10-21)22-11-6-13-12-14(20)4-5-16(13)17(22)23/h4-5,12,15H,6-11H2,1-3H3. The van der Waals surface area contributed by atoms with Crippen LogP contribution in [0.3, 0.4) is 0 Å². The number of amides is 2. The molecule has 0 N–H and O–H groups in total. The Hall–Kier alpha value is -1.56. The van der Waals surface area contributed by atoms with Gasteiger partial charge in [-0.2, -0.15) is 0 Å². The van der Waals surface area contributed by atoms with Crippen LogP contribution in [0.25, 0.3) is 0 Å². The van der Waals surface area contributed by atoms with E-state index in [9.17, 15) is 9.59 Å². The molecule has 0 saturated carbocycles. The lowest BCUT2D eigenvalue weighted by molar-refractivity contribution is 0.0144. The number of benzene rings is 1. The van der Waals surface area contributed by atoms with Gasteiger partial charge in [0.1, 0.15) is 5.60 Å². The minimum absolute atomic E-state index is 0.115. The molecule has 0 spiro atoms. The van der Waals surface area contributed by atoms with E-state index in [0.29, 0.717) is 13.1 Å². The molecule has 0 aromatic heterocycles. The third kappa shape index (κ3) is 4.17. The highest BCUT2D eigenvalue weighted by molar-refractivity contribution is 9.10. The van der Waals surface area contributed by atoms with E-state index in [-0.39, 0.29) is 18.0 Å². The van der Waals surface area contributed by atoms with Gasteiger partial charge in [-0.15, -0.1) is 0 Å². The predicted molar refractivity (Wildman–Crippen MR) is 99.7 cm³/mol. The van der Waals surface area contributed by atoms with Crippen LogP contribution < -0.4 is 0 Å². The van der Waals surface area contributed by atoms with Crippen molar-refractivity contribution in [2.75, 3.05) is 19.6 Å². The maximum Gasteiger partial charge on any atom is 0.410 e. The molecule has 1 aromatic rings. The van der Waals surface area contributed by atoms with Crippen molar-refractivity contribution in [3.63, 3.8) is 0 Å². The van der Waals surface area contributed by atoms with Gasteiger partial charge in [-0.25, -0.2) is 4.79 Å². The zero-order chi connectivity index (χ0) is 18.2. The molecular weight excluding hydrogens is 384 g/mol. The fraction of sp³-hybridized carbons (Fsp3) is 0.579. The minimum atomic E-state index is -0.477. The number of rotatable bonds is 1. The molecule has 25 heavy (non-hydrogen) atoms. The minimum Gasteiger partial charge on any atom is -0.444 e. The average Bonchev–Trinajstić information content (AvgIpc) is 2.53. The summed E-state index contributed by atoms with van der Waals surface area (Å²) in [5.41, 5.74) is 1.44. The topological polar surface area (TPSA) is 49.9 Å². The second-order valence-corrected chi connectivity index (χ2v) is 8.66. The van der Waals surface area contributed by atoms with Gasteiger partial charge in [0.2, 0.25) is 0 Å². The summed E-state index contributed by atoms with van der Waals surface area (Å²) in [6, 6.07) is 6.06. The van der Waals surface area contributed by atoms with Crippen LogP contribution in [-0.4, -0.2) is 53.1 Å². The molecule has 6 heteroatoms. The molecule has 2 amide bonds.